The van der Waals surface area contributed by atoms with Crippen LogP contribution in [0.5, 0.6) is 11.6 Å². The fraction of sp³-hybridized carbons (Fsp3) is 0.0909. The van der Waals surface area contributed by atoms with Crippen molar-refractivity contribution in [3.8, 4) is 11.6 Å². The van der Waals surface area contributed by atoms with Gasteiger partial charge in [-0.3, -0.25) is 0 Å². The van der Waals surface area contributed by atoms with Gasteiger partial charge in [0.2, 0.25) is 5.88 Å². The summed E-state index contributed by atoms with van der Waals surface area (Å²) in [6.07, 6.45) is 0. The van der Waals surface area contributed by atoms with Crippen LogP contribution in [0.2, 0.25) is 5.02 Å². The molecule has 0 aliphatic heterocycles. The van der Waals surface area contributed by atoms with Gasteiger partial charge >= 0.3 is 0 Å². The molecule has 2 heterocycles. The molecule has 0 fully saturated rings. The molecule has 3 rings (SSSR count). The molecular weight excluding hydrogens is 268 g/mol. The maximum Gasteiger partial charge on any atom is 0.239 e. The predicted molar refractivity (Wildman–Crippen MR) is 68.0 cm³/mol. The van der Waals surface area contributed by atoms with Gasteiger partial charge in [-0.2, -0.15) is 0 Å². The molecule has 0 saturated carbocycles. The van der Waals surface area contributed by atoms with Gasteiger partial charge in [0.15, 0.2) is 5.65 Å². The highest BCUT2D eigenvalue weighted by atomic mass is 35.5. The van der Waals surface area contributed by atoms with Crippen molar-refractivity contribution in [3.05, 3.63) is 40.9 Å². The van der Waals surface area contributed by atoms with Gasteiger partial charge in [0, 0.05) is 12.6 Å². The Morgan fingerprint density at radius 1 is 1.26 bits per heavy atom. The van der Waals surface area contributed by atoms with Crippen molar-refractivity contribution in [1.82, 2.24) is 25.3 Å². The third-order valence-corrected chi connectivity index (χ3v) is 2.79. The minimum absolute atomic E-state index is 0.349. The third kappa shape index (κ3) is 2.33. The summed E-state index contributed by atoms with van der Waals surface area (Å²) in [5.41, 5.74) is 7.00. The van der Waals surface area contributed by atoms with Crippen molar-refractivity contribution < 1.29 is 4.74 Å². The van der Waals surface area contributed by atoms with E-state index in [-0.39, 0.29) is 0 Å². The van der Waals surface area contributed by atoms with Crippen molar-refractivity contribution >= 4 is 17.2 Å². The maximum atomic E-state index is 6.10. The molecule has 1 aromatic carbocycles. The molecule has 2 aromatic heterocycles. The SMILES string of the molecule is NCc1ccc(Oc2ccc3nnnn3n2)c(Cl)c1. The molecule has 0 radical (unpaired) electrons. The summed E-state index contributed by atoms with van der Waals surface area (Å²) < 4.78 is 6.86. The Labute approximate surface area is 112 Å². The van der Waals surface area contributed by atoms with Crippen LogP contribution >= 0.6 is 11.6 Å². The summed E-state index contributed by atoms with van der Waals surface area (Å²) in [7, 11) is 0. The summed E-state index contributed by atoms with van der Waals surface area (Å²) in [4.78, 5) is 0. The largest absolute Gasteiger partial charge is 0.436 e. The molecule has 0 unspecified atom stereocenters. The van der Waals surface area contributed by atoms with E-state index in [1.807, 2.05) is 6.07 Å². The highest BCUT2D eigenvalue weighted by molar-refractivity contribution is 6.32. The van der Waals surface area contributed by atoms with Crippen molar-refractivity contribution in [2.24, 2.45) is 5.73 Å². The van der Waals surface area contributed by atoms with E-state index >= 15 is 0 Å². The highest BCUT2D eigenvalue weighted by Crippen LogP contribution is 2.29. The number of nitrogens with two attached hydrogens (primary N) is 1. The van der Waals surface area contributed by atoms with Gasteiger partial charge in [-0.25, -0.2) is 0 Å². The molecule has 7 nitrogen and oxygen atoms in total. The van der Waals surface area contributed by atoms with Crippen LogP contribution in [-0.2, 0) is 6.54 Å². The number of aromatic nitrogens is 5. The lowest BCUT2D eigenvalue weighted by Gasteiger charge is -2.07. The van der Waals surface area contributed by atoms with Gasteiger partial charge in [-0.05, 0) is 34.2 Å². The average Bonchev–Trinajstić information content (AvgIpc) is 2.88. The minimum Gasteiger partial charge on any atom is -0.436 e. The smallest absolute Gasteiger partial charge is 0.239 e. The summed E-state index contributed by atoms with van der Waals surface area (Å²) in [5, 5.41) is 15.5. The third-order valence-electron chi connectivity index (χ3n) is 2.49. The maximum absolute atomic E-state index is 6.10. The molecule has 2 N–H and O–H groups in total. The van der Waals surface area contributed by atoms with Crippen LogP contribution in [0.15, 0.2) is 30.3 Å². The second-order valence-corrected chi connectivity index (χ2v) is 4.18. The lowest BCUT2D eigenvalue weighted by Crippen LogP contribution is -1.99. The number of rotatable bonds is 3. The fourth-order valence-electron chi connectivity index (χ4n) is 1.55. The van der Waals surface area contributed by atoms with Crippen LogP contribution in [0.1, 0.15) is 5.56 Å². The topological polar surface area (TPSA) is 91.2 Å². The van der Waals surface area contributed by atoms with Gasteiger partial charge in [0.1, 0.15) is 5.75 Å². The van der Waals surface area contributed by atoms with E-state index in [9.17, 15) is 0 Å². The molecule has 8 heteroatoms. The molecule has 0 bridgehead atoms. The normalized spacial score (nSPS) is 10.8. The van der Waals surface area contributed by atoms with Crippen LogP contribution in [0.3, 0.4) is 0 Å². The van der Waals surface area contributed by atoms with E-state index in [0.29, 0.717) is 28.8 Å². The summed E-state index contributed by atoms with van der Waals surface area (Å²) >= 11 is 6.10. The van der Waals surface area contributed by atoms with Crippen LogP contribution in [0.4, 0.5) is 0 Å². The molecule has 19 heavy (non-hydrogen) atoms. The van der Waals surface area contributed by atoms with E-state index < -0.39 is 0 Å². The number of nitrogens with zero attached hydrogens (tertiary/aromatic N) is 5. The number of halogens is 1. The summed E-state index contributed by atoms with van der Waals surface area (Å²) in [6.45, 7) is 0.425. The Hall–Kier alpha value is -2.25. The van der Waals surface area contributed by atoms with Crippen LogP contribution in [0, 0.1) is 0 Å². The first kappa shape index (κ1) is 11.8. The van der Waals surface area contributed by atoms with Crippen molar-refractivity contribution in [2.45, 2.75) is 6.54 Å². The van der Waals surface area contributed by atoms with Crippen molar-refractivity contribution in [2.75, 3.05) is 0 Å². The van der Waals surface area contributed by atoms with Gasteiger partial charge < -0.3 is 10.5 Å². The van der Waals surface area contributed by atoms with E-state index in [1.54, 1.807) is 24.3 Å². The Kier molecular flexibility index (Phi) is 2.98. The van der Waals surface area contributed by atoms with Crippen LogP contribution in [-0.4, -0.2) is 25.3 Å². The molecular formula is C11H9ClN6O. The van der Waals surface area contributed by atoms with Gasteiger partial charge in [-0.1, -0.05) is 17.7 Å². The number of hydrogen-bond donors (Lipinski definition) is 1. The van der Waals surface area contributed by atoms with E-state index in [0.717, 1.165) is 5.56 Å². The number of tetrazole rings is 1. The second kappa shape index (κ2) is 4.79. The van der Waals surface area contributed by atoms with E-state index in [4.69, 9.17) is 22.1 Å². The van der Waals surface area contributed by atoms with Crippen molar-refractivity contribution in [3.63, 3.8) is 0 Å². The molecule has 0 aliphatic carbocycles. The van der Waals surface area contributed by atoms with Gasteiger partial charge in [0.25, 0.3) is 0 Å². The lowest BCUT2D eigenvalue weighted by atomic mass is 10.2. The predicted octanol–water partition coefficient (Wildman–Crippen LogP) is 1.42. The molecule has 96 valence electrons. The molecule has 0 atom stereocenters. The Bertz CT molecular complexity index is 728. The Morgan fingerprint density at radius 3 is 2.95 bits per heavy atom. The summed E-state index contributed by atoms with van der Waals surface area (Å²) in [6, 6.07) is 8.71. The van der Waals surface area contributed by atoms with E-state index in [2.05, 4.69) is 20.6 Å². The van der Waals surface area contributed by atoms with Crippen molar-refractivity contribution in [1.29, 1.82) is 0 Å². The second-order valence-electron chi connectivity index (χ2n) is 3.77. The average molecular weight is 277 g/mol. The van der Waals surface area contributed by atoms with Gasteiger partial charge in [0.05, 0.1) is 5.02 Å². The molecule has 0 aliphatic rings. The number of ether oxygens (including phenoxy) is 1. The first-order valence-corrected chi connectivity index (χ1v) is 5.86. The Balaban J connectivity index is 1.91. The van der Waals surface area contributed by atoms with Gasteiger partial charge in [-0.15, -0.1) is 14.8 Å². The number of benzene rings is 1. The monoisotopic (exact) mass is 276 g/mol. The molecule has 0 saturated heterocycles. The number of fused-ring (bicyclic) bond motifs is 1. The lowest BCUT2D eigenvalue weighted by molar-refractivity contribution is 0.447. The standard InChI is InChI=1S/C11H9ClN6O/c12-8-5-7(6-13)1-2-9(8)19-11-4-3-10-14-16-17-18(10)15-11/h1-5H,6,13H2. The number of hydrogen-bond acceptors (Lipinski definition) is 6. The Morgan fingerprint density at radius 2 is 2.16 bits per heavy atom. The molecule has 0 spiro atoms. The fourth-order valence-corrected chi connectivity index (χ4v) is 1.80. The zero-order valence-corrected chi connectivity index (χ0v) is 10.4. The molecule has 0 amide bonds. The zero-order valence-electron chi connectivity index (χ0n) is 9.69. The minimum atomic E-state index is 0.349. The highest BCUT2D eigenvalue weighted by Gasteiger charge is 2.07. The quantitative estimate of drug-likeness (QED) is 0.778. The van der Waals surface area contributed by atoms with Crippen LogP contribution < -0.4 is 10.5 Å². The summed E-state index contributed by atoms with van der Waals surface area (Å²) in [5.74, 6) is 0.848. The van der Waals surface area contributed by atoms with Crippen LogP contribution in [0.25, 0.3) is 5.65 Å². The van der Waals surface area contributed by atoms with E-state index in [1.165, 1.54) is 4.63 Å². The zero-order chi connectivity index (χ0) is 13.2. The first-order chi connectivity index (χ1) is 9.26. The first-order valence-electron chi connectivity index (χ1n) is 5.48. The molecule has 3 aromatic rings.